The molecule has 7 nitrogen and oxygen atoms in total. The number of nitrogens with zero attached hydrogens (tertiary/aromatic N) is 6. The van der Waals surface area contributed by atoms with Crippen molar-refractivity contribution in [3.63, 3.8) is 0 Å². The Morgan fingerprint density at radius 3 is 2.35 bits per heavy atom. The monoisotopic (exact) mass is 514 g/mol. The zero-order valence-electron chi connectivity index (χ0n) is 21.9. The molecule has 0 unspecified atom stereocenters. The van der Waals surface area contributed by atoms with Gasteiger partial charge in [-0.3, -0.25) is 9.69 Å². The second-order valence-electron chi connectivity index (χ2n) is 9.78. The number of hydrogen-bond acceptors (Lipinski definition) is 6. The van der Waals surface area contributed by atoms with E-state index in [-0.39, 0.29) is 5.91 Å². The van der Waals surface area contributed by atoms with Crippen LogP contribution in [0.5, 0.6) is 0 Å². The molecule has 0 saturated carbocycles. The Kier molecular flexibility index (Phi) is 7.86. The van der Waals surface area contributed by atoms with E-state index < -0.39 is 0 Å². The lowest BCUT2D eigenvalue weighted by Crippen LogP contribution is -2.49. The predicted octanol–water partition coefficient (Wildman–Crippen LogP) is 4.12. The van der Waals surface area contributed by atoms with Crippen molar-refractivity contribution in [1.29, 1.82) is 0 Å². The lowest BCUT2D eigenvalue weighted by Gasteiger charge is -2.34. The van der Waals surface area contributed by atoms with Gasteiger partial charge in [0.1, 0.15) is 0 Å². The molecule has 2 aromatic heterocycles. The molecular weight excluding hydrogens is 480 g/mol. The fourth-order valence-electron chi connectivity index (χ4n) is 4.79. The van der Waals surface area contributed by atoms with Gasteiger partial charge in [-0.15, -0.1) is 5.10 Å². The standard InChI is InChI=1S/C29H34N6OS/c1-21-9-11-25(12-10-21)19-26-22(2)30-28-31-29(32-35(28)23(26)3)37-20-27(36)34-17-15-33(16-18-34)14-13-24-7-5-4-6-8-24/h4-12H,13-20H2,1-3H3. The van der Waals surface area contributed by atoms with E-state index in [2.05, 4.69) is 83.4 Å². The number of thioether (sulfide) groups is 1. The van der Waals surface area contributed by atoms with Crippen molar-refractivity contribution in [3.8, 4) is 0 Å². The average Bonchev–Trinajstić information content (AvgIpc) is 3.33. The molecular formula is C29H34N6OS. The summed E-state index contributed by atoms with van der Waals surface area (Å²) in [6.07, 6.45) is 1.85. The molecule has 1 fully saturated rings. The number of carbonyl (C=O) groups excluding carboxylic acids is 1. The quantitative estimate of drug-likeness (QED) is 0.330. The number of amides is 1. The summed E-state index contributed by atoms with van der Waals surface area (Å²) in [7, 11) is 0. The Morgan fingerprint density at radius 1 is 0.892 bits per heavy atom. The molecule has 0 spiro atoms. The zero-order chi connectivity index (χ0) is 25.8. The lowest BCUT2D eigenvalue weighted by molar-refractivity contribution is -0.130. The van der Waals surface area contributed by atoms with Crippen LogP contribution < -0.4 is 0 Å². The number of benzene rings is 2. The molecule has 0 aliphatic carbocycles. The summed E-state index contributed by atoms with van der Waals surface area (Å²) in [5.41, 5.74) is 7.04. The maximum Gasteiger partial charge on any atom is 0.253 e. The smallest absolute Gasteiger partial charge is 0.253 e. The van der Waals surface area contributed by atoms with Crippen LogP contribution in [0.1, 0.15) is 33.6 Å². The van der Waals surface area contributed by atoms with Crippen LogP contribution in [0, 0.1) is 20.8 Å². The second-order valence-corrected chi connectivity index (χ2v) is 10.7. The molecule has 0 N–H and O–H groups in total. The predicted molar refractivity (Wildman–Crippen MR) is 148 cm³/mol. The summed E-state index contributed by atoms with van der Waals surface area (Å²) < 4.78 is 1.81. The third-order valence-corrected chi connectivity index (χ3v) is 7.96. The molecule has 2 aromatic carbocycles. The van der Waals surface area contributed by atoms with Crippen molar-refractivity contribution in [3.05, 3.63) is 88.2 Å². The number of carbonyl (C=O) groups is 1. The second kappa shape index (κ2) is 11.4. The SMILES string of the molecule is Cc1ccc(Cc2c(C)nc3nc(SCC(=O)N4CCN(CCc5ccccc5)CC4)nn3c2C)cc1. The molecule has 3 heterocycles. The van der Waals surface area contributed by atoms with Gasteiger partial charge in [0.05, 0.1) is 5.75 Å². The molecule has 4 aromatic rings. The van der Waals surface area contributed by atoms with Gasteiger partial charge in [-0.2, -0.15) is 4.98 Å². The van der Waals surface area contributed by atoms with Crippen LogP contribution in [0.25, 0.3) is 5.78 Å². The maximum absolute atomic E-state index is 12.9. The molecule has 1 aliphatic rings. The number of aromatic nitrogens is 4. The van der Waals surface area contributed by atoms with Crippen LogP contribution in [0.15, 0.2) is 59.8 Å². The van der Waals surface area contributed by atoms with E-state index in [4.69, 9.17) is 4.98 Å². The summed E-state index contributed by atoms with van der Waals surface area (Å²) >= 11 is 1.39. The fourth-order valence-corrected chi connectivity index (χ4v) is 5.51. The van der Waals surface area contributed by atoms with E-state index in [0.29, 0.717) is 16.7 Å². The molecule has 5 rings (SSSR count). The Labute approximate surface area is 222 Å². The number of fused-ring (bicyclic) bond motifs is 1. The Balaban J connectivity index is 1.15. The van der Waals surface area contributed by atoms with Gasteiger partial charge in [0.15, 0.2) is 0 Å². The van der Waals surface area contributed by atoms with Gasteiger partial charge in [0, 0.05) is 50.5 Å². The third kappa shape index (κ3) is 6.19. The van der Waals surface area contributed by atoms with Crippen LogP contribution in [-0.2, 0) is 17.6 Å². The summed E-state index contributed by atoms with van der Waals surface area (Å²) in [6.45, 7) is 10.6. The van der Waals surface area contributed by atoms with Gasteiger partial charge in [0.25, 0.3) is 5.78 Å². The Hall–Kier alpha value is -3.23. The topological polar surface area (TPSA) is 66.6 Å². The fraction of sp³-hybridized carbons (Fsp3) is 0.379. The summed E-state index contributed by atoms with van der Waals surface area (Å²) in [5, 5.41) is 5.27. The van der Waals surface area contributed by atoms with E-state index in [1.54, 1.807) is 0 Å². The lowest BCUT2D eigenvalue weighted by atomic mass is 10.0. The van der Waals surface area contributed by atoms with Crippen LogP contribution in [0.3, 0.4) is 0 Å². The molecule has 1 aliphatic heterocycles. The minimum absolute atomic E-state index is 0.146. The number of piperazine rings is 1. The number of rotatable bonds is 8. The third-order valence-electron chi connectivity index (χ3n) is 7.14. The van der Waals surface area contributed by atoms with Crippen LogP contribution in [0.2, 0.25) is 0 Å². The Bertz CT molecular complexity index is 1360. The van der Waals surface area contributed by atoms with Crippen LogP contribution >= 0.6 is 11.8 Å². The van der Waals surface area contributed by atoms with Crippen molar-refractivity contribution in [2.75, 3.05) is 38.5 Å². The van der Waals surface area contributed by atoms with Crippen molar-refractivity contribution < 1.29 is 4.79 Å². The van der Waals surface area contributed by atoms with Crippen molar-refractivity contribution >= 4 is 23.4 Å². The van der Waals surface area contributed by atoms with E-state index >= 15 is 0 Å². The van der Waals surface area contributed by atoms with Gasteiger partial charge >= 0.3 is 0 Å². The highest BCUT2D eigenvalue weighted by molar-refractivity contribution is 7.99. The largest absolute Gasteiger partial charge is 0.339 e. The van der Waals surface area contributed by atoms with Gasteiger partial charge in [0.2, 0.25) is 11.1 Å². The van der Waals surface area contributed by atoms with Gasteiger partial charge < -0.3 is 4.90 Å². The van der Waals surface area contributed by atoms with E-state index in [1.165, 1.54) is 34.0 Å². The van der Waals surface area contributed by atoms with E-state index in [9.17, 15) is 4.79 Å². The molecule has 8 heteroatoms. The molecule has 37 heavy (non-hydrogen) atoms. The van der Waals surface area contributed by atoms with Gasteiger partial charge in [-0.25, -0.2) is 9.50 Å². The first-order valence-electron chi connectivity index (χ1n) is 12.9. The zero-order valence-corrected chi connectivity index (χ0v) is 22.7. The van der Waals surface area contributed by atoms with Crippen molar-refractivity contribution in [1.82, 2.24) is 29.4 Å². The molecule has 0 atom stereocenters. The van der Waals surface area contributed by atoms with E-state index in [1.807, 2.05) is 16.3 Å². The first kappa shape index (κ1) is 25.4. The highest BCUT2D eigenvalue weighted by atomic mass is 32.2. The maximum atomic E-state index is 12.9. The summed E-state index contributed by atoms with van der Waals surface area (Å²) in [5.74, 6) is 1.08. The summed E-state index contributed by atoms with van der Waals surface area (Å²) in [6, 6.07) is 19.2. The van der Waals surface area contributed by atoms with Crippen molar-refractivity contribution in [2.24, 2.45) is 0 Å². The summed E-state index contributed by atoms with van der Waals surface area (Å²) in [4.78, 5) is 26.6. The van der Waals surface area contributed by atoms with Crippen LogP contribution in [0.4, 0.5) is 0 Å². The molecule has 1 saturated heterocycles. The van der Waals surface area contributed by atoms with Gasteiger partial charge in [-0.1, -0.05) is 71.9 Å². The van der Waals surface area contributed by atoms with Crippen LogP contribution in [-0.4, -0.2) is 73.8 Å². The van der Waals surface area contributed by atoms with Gasteiger partial charge in [-0.05, 0) is 43.9 Å². The van der Waals surface area contributed by atoms with Crippen molar-refractivity contribution in [2.45, 2.75) is 38.8 Å². The minimum atomic E-state index is 0.146. The first-order chi connectivity index (χ1) is 18.0. The highest BCUT2D eigenvalue weighted by Gasteiger charge is 2.22. The molecule has 0 bridgehead atoms. The van der Waals surface area contributed by atoms with E-state index in [0.717, 1.165) is 57.0 Å². The average molecular weight is 515 g/mol. The molecule has 1 amide bonds. The normalized spacial score (nSPS) is 14.4. The number of hydrogen-bond donors (Lipinski definition) is 0. The Morgan fingerprint density at radius 2 is 1.62 bits per heavy atom. The number of aryl methyl sites for hydroxylation is 3. The molecule has 192 valence electrons. The minimum Gasteiger partial charge on any atom is -0.339 e. The highest BCUT2D eigenvalue weighted by Crippen LogP contribution is 2.21. The first-order valence-corrected chi connectivity index (χ1v) is 13.9. The molecule has 0 radical (unpaired) electrons.